The van der Waals surface area contributed by atoms with Crippen LogP contribution >= 0.6 is 11.8 Å². The minimum Gasteiger partial charge on any atom is -0.454 e. The van der Waals surface area contributed by atoms with Gasteiger partial charge in [0.2, 0.25) is 0 Å². The van der Waals surface area contributed by atoms with Crippen LogP contribution in [0.3, 0.4) is 0 Å². The zero-order valence-corrected chi connectivity index (χ0v) is 13.6. The van der Waals surface area contributed by atoms with E-state index < -0.39 is 23.4 Å². The van der Waals surface area contributed by atoms with E-state index in [1.54, 1.807) is 13.0 Å². The molecule has 1 N–H and O–H groups in total. The highest BCUT2D eigenvalue weighted by atomic mass is 32.2. The summed E-state index contributed by atoms with van der Waals surface area (Å²) in [6.07, 6.45) is 0. The molecule has 0 aromatic heterocycles. The van der Waals surface area contributed by atoms with E-state index in [0.29, 0.717) is 17.9 Å². The number of nitro groups is 1. The topological polar surface area (TPSA) is 119 Å². The van der Waals surface area contributed by atoms with E-state index in [1.165, 1.54) is 17.0 Å². The van der Waals surface area contributed by atoms with Crippen LogP contribution < -0.4 is 5.32 Å². The van der Waals surface area contributed by atoms with Crippen molar-refractivity contribution in [2.24, 2.45) is 0 Å². The lowest BCUT2D eigenvalue weighted by Crippen LogP contribution is -2.32. The van der Waals surface area contributed by atoms with Crippen LogP contribution in [0.25, 0.3) is 0 Å². The Balaban J connectivity index is 1.89. The number of hydrogen-bond acceptors (Lipinski definition) is 7. The molecule has 1 heterocycles. The number of carbonyl (C=O) groups excluding carboxylic acids is 3. The number of anilines is 1. The third-order valence-electron chi connectivity index (χ3n) is 3.24. The molecule has 1 fully saturated rings. The minimum atomic E-state index is -0.708. The van der Waals surface area contributed by atoms with Crippen molar-refractivity contribution in [3.05, 3.63) is 33.9 Å². The summed E-state index contributed by atoms with van der Waals surface area (Å²) in [5.41, 5.74) is 0.340. The van der Waals surface area contributed by atoms with Crippen molar-refractivity contribution in [2.75, 3.05) is 30.8 Å². The van der Waals surface area contributed by atoms with Crippen LogP contribution in [-0.2, 0) is 14.3 Å². The Hall–Kier alpha value is -2.62. The zero-order valence-electron chi connectivity index (χ0n) is 12.8. The number of hydrogen-bond donors (Lipinski definition) is 1. The Morgan fingerprint density at radius 1 is 1.46 bits per heavy atom. The first-order chi connectivity index (χ1) is 11.4. The van der Waals surface area contributed by atoms with Gasteiger partial charge in [-0.05, 0) is 12.5 Å². The highest BCUT2D eigenvalue weighted by molar-refractivity contribution is 8.13. The van der Waals surface area contributed by atoms with Gasteiger partial charge in [0.05, 0.1) is 4.92 Å². The van der Waals surface area contributed by atoms with Crippen molar-refractivity contribution in [2.45, 2.75) is 6.92 Å². The first-order valence-corrected chi connectivity index (χ1v) is 7.98. The van der Waals surface area contributed by atoms with Gasteiger partial charge < -0.3 is 15.0 Å². The summed E-state index contributed by atoms with van der Waals surface area (Å²) in [4.78, 5) is 46.5. The maximum Gasteiger partial charge on any atom is 0.326 e. The molecule has 0 aliphatic carbocycles. The van der Waals surface area contributed by atoms with Crippen molar-refractivity contribution in [1.82, 2.24) is 4.90 Å². The van der Waals surface area contributed by atoms with E-state index in [9.17, 15) is 24.5 Å². The smallest absolute Gasteiger partial charge is 0.326 e. The van der Waals surface area contributed by atoms with Crippen LogP contribution in [-0.4, -0.2) is 52.4 Å². The van der Waals surface area contributed by atoms with Crippen LogP contribution in [0.1, 0.15) is 5.56 Å². The molecule has 9 nitrogen and oxygen atoms in total. The normalized spacial score (nSPS) is 13.7. The third-order valence-corrected chi connectivity index (χ3v) is 4.13. The summed E-state index contributed by atoms with van der Waals surface area (Å²) in [5, 5.41) is 13.1. The molecule has 24 heavy (non-hydrogen) atoms. The third kappa shape index (κ3) is 4.44. The molecular weight excluding hydrogens is 338 g/mol. The van der Waals surface area contributed by atoms with Gasteiger partial charge in [-0.2, -0.15) is 0 Å². The van der Waals surface area contributed by atoms with E-state index >= 15 is 0 Å². The molecule has 0 bridgehead atoms. The fourth-order valence-corrected chi connectivity index (χ4v) is 2.88. The van der Waals surface area contributed by atoms with Gasteiger partial charge in [0.1, 0.15) is 12.2 Å². The molecule has 0 spiro atoms. The maximum absolute atomic E-state index is 11.8. The lowest BCUT2D eigenvalue weighted by atomic mass is 10.1. The number of aryl methyl sites for hydroxylation is 1. The first-order valence-electron chi connectivity index (χ1n) is 6.99. The van der Waals surface area contributed by atoms with Crippen LogP contribution in [0.5, 0.6) is 0 Å². The van der Waals surface area contributed by atoms with Crippen LogP contribution in [0.2, 0.25) is 0 Å². The number of rotatable bonds is 6. The van der Waals surface area contributed by atoms with Gasteiger partial charge in [0.25, 0.3) is 16.8 Å². The average Bonchev–Trinajstić information content (AvgIpc) is 2.92. The SMILES string of the molecule is Cc1cccc([N+](=O)[O-])c1NC(=O)COC(=O)CN1CCSC1=O. The highest BCUT2D eigenvalue weighted by Gasteiger charge is 2.24. The highest BCUT2D eigenvalue weighted by Crippen LogP contribution is 2.27. The molecule has 1 aromatic rings. The Labute approximate surface area is 141 Å². The molecule has 1 aliphatic heterocycles. The summed E-state index contributed by atoms with van der Waals surface area (Å²) in [6, 6.07) is 4.39. The Kier molecular flexibility index (Phi) is 5.74. The van der Waals surface area contributed by atoms with Gasteiger partial charge in [-0.25, -0.2) is 0 Å². The quantitative estimate of drug-likeness (QED) is 0.468. The lowest BCUT2D eigenvalue weighted by molar-refractivity contribution is -0.384. The molecule has 10 heteroatoms. The number of nitro benzene ring substituents is 1. The van der Waals surface area contributed by atoms with Gasteiger partial charge in [0, 0.05) is 18.4 Å². The molecule has 0 saturated carbocycles. The fourth-order valence-electron chi connectivity index (χ4n) is 2.06. The van der Waals surface area contributed by atoms with E-state index in [1.807, 2.05) is 0 Å². The second kappa shape index (κ2) is 7.77. The van der Waals surface area contributed by atoms with Crippen molar-refractivity contribution in [3.8, 4) is 0 Å². The van der Waals surface area contributed by atoms with Crippen molar-refractivity contribution >= 4 is 40.3 Å². The molecular formula is C14H15N3O6S. The van der Waals surface area contributed by atoms with Crippen molar-refractivity contribution < 1.29 is 24.0 Å². The Bertz CT molecular complexity index is 693. The number of nitrogens with one attached hydrogen (secondary N) is 1. The summed E-state index contributed by atoms with van der Waals surface area (Å²) in [6.45, 7) is 1.27. The molecule has 0 unspecified atom stereocenters. The molecule has 1 aliphatic rings. The monoisotopic (exact) mass is 353 g/mol. The number of benzene rings is 1. The molecule has 1 aromatic carbocycles. The van der Waals surface area contributed by atoms with Crippen LogP contribution in [0.4, 0.5) is 16.2 Å². The average molecular weight is 353 g/mol. The predicted octanol–water partition coefficient (Wildman–Crippen LogP) is 1.55. The number of carbonyl (C=O) groups is 3. The molecule has 128 valence electrons. The number of para-hydroxylation sites is 1. The number of esters is 1. The van der Waals surface area contributed by atoms with Crippen molar-refractivity contribution in [1.29, 1.82) is 0 Å². The summed E-state index contributed by atoms with van der Waals surface area (Å²) >= 11 is 1.12. The summed E-state index contributed by atoms with van der Waals surface area (Å²) in [7, 11) is 0. The van der Waals surface area contributed by atoms with Crippen LogP contribution in [0.15, 0.2) is 18.2 Å². The Morgan fingerprint density at radius 3 is 2.83 bits per heavy atom. The number of amides is 2. The van der Waals surface area contributed by atoms with Gasteiger partial charge in [-0.1, -0.05) is 23.9 Å². The standard InChI is InChI=1S/C14H15N3O6S/c1-9-3-2-4-10(17(21)22)13(9)15-11(18)8-23-12(19)7-16-5-6-24-14(16)20/h2-4H,5-8H2,1H3,(H,15,18). The van der Waals surface area contributed by atoms with E-state index in [2.05, 4.69) is 5.32 Å². The fraction of sp³-hybridized carbons (Fsp3) is 0.357. The van der Waals surface area contributed by atoms with Crippen molar-refractivity contribution in [3.63, 3.8) is 0 Å². The molecule has 2 amide bonds. The number of nitrogens with zero attached hydrogens (tertiary/aromatic N) is 2. The largest absolute Gasteiger partial charge is 0.454 e. The minimum absolute atomic E-state index is 0.0645. The van der Waals surface area contributed by atoms with Gasteiger partial charge in [-0.15, -0.1) is 0 Å². The molecule has 2 rings (SSSR count). The first kappa shape index (κ1) is 17.7. The van der Waals surface area contributed by atoms with Gasteiger partial charge >= 0.3 is 5.97 Å². The molecule has 0 atom stereocenters. The van der Waals surface area contributed by atoms with Gasteiger partial charge in [-0.3, -0.25) is 24.5 Å². The number of thioether (sulfide) groups is 1. The van der Waals surface area contributed by atoms with E-state index in [0.717, 1.165) is 11.8 Å². The summed E-state index contributed by atoms with van der Waals surface area (Å²) in [5.74, 6) is -0.785. The van der Waals surface area contributed by atoms with E-state index in [-0.39, 0.29) is 23.2 Å². The lowest BCUT2D eigenvalue weighted by Gasteiger charge is -2.13. The predicted molar refractivity (Wildman–Crippen MR) is 86.8 cm³/mol. The second-order valence-electron chi connectivity index (χ2n) is 4.97. The molecule has 1 saturated heterocycles. The summed E-state index contributed by atoms with van der Waals surface area (Å²) < 4.78 is 4.80. The van der Waals surface area contributed by atoms with E-state index in [4.69, 9.17) is 4.74 Å². The maximum atomic E-state index is 11.8. The second-order valence-corrected chi connectivity index (χ2v) is 6.02. The molecule has 0 radical (unpaired) electrons. The Morgan fingerprint density at radius 2 is 2.21 bits per heavy atom. The van der Waals surface area contributed by atoms with Gasteiger partial charge in [0.15, 0.2) is 6.61 Å². The van der Waals surface area contributed by atoms with Crippen LogP contribution in [0, 0.1) is 17.0 Å². The zero-order chi connectivity index (χ0) is 17.7. The number of ether oxygens (including phenoxy) is 1.